The molecule has 2 aromatic carbocycles. The van der Waals surface area contributed by atoms with Crippen molar-refractivity contribution in [3.8, 4) is 11.5 Å². The van der Waals surface area contributed by atoms with E-state index >= 15 is 0 Å². The van der Waals surface area contributed by atoms with Crippen molar-refractivity contribution >= 4 is 39.2 Å². The highest BCUT2D eigenvalue weighted by molar-refractivity contribution is 7.14. The van der Waals surface area contributed by atoms with E-state index in [2.05, 4.69) is 49.9 Å². The van der Waals surface area contributed by atoms with E-state index < -0.39 is 0 Å². The van der Waals surface area contributed by atoms with Crippen LogP contribution in [0.5, 0.6) is 11.5 Å². The standard InChI is InChI=1S/C26H25N5O4S/c32-24(16-5-6-22-23(11-16)35-15-34-22)30-26-29-21(14-36-26)25(33)28-18-7-9-31(10-8-18)13-17-12-27-20-4-2-1-3-19(17)20/h1-6,11-12,14,18,27H,7-10,13,15H2,(H,28,33)(H,29,30,32). The fourth-order valence-corrected chi connectivity index (χ4v) is 5.33. The molecule has 9 nitrogen and oxygen atoms in total. The Labute approximate surface area is 211 Å². The van der Waals surface area contributed by atoms with Gasteiger partial charge >= 0.3 is 0 Å². The molecule has 2 aromatic heterocycles. The van der Waals surface area contributed by atoms with Crippen LogP contribution in [0, 0.1) is 0 Å². The first-order valence-corrected chi connectivity index (χ1v) is 12.7. The van der Waals surface area contributed by atoms with E-state index in [-0.39, 0.29) is 24.6 Å². The topological polar surface area (TPSA) is 109 Å². The van der Waals surface area contributed by atoms with Crippen LogP contribution < -0.4 is 20.1 Å². The highest BCUT2D eigenvalue weighted by Gasteiger charge is 2.23. The zero-order chi connectivity index (χ0) is 24.5. The molecule has 184 valence electrons. The maximum Gasteiger partial charge on any atom is 0.271 e. The molecule has 2 aliphatic heterocycles. The molecule has 1 fully saturated rings. The summed E-state index contributed by atoms with van der Waals surface area (Å²) in [6, 6.07) is 13.4. The smallest absolute Gasteiger partial charge is 0.271 e. The second kappa shape index (κ2) is 9.63. The number of hydrogen-bond donors (Lipinski definition) is 3. The summed E-state index contributed by atoms with van der Waals surface area (Å²) in [6.45, 7) is 2.87. The van der Waals surface area contributed by atoms with Crippen molar-refractivity contribution in [1.29, 1.82) is 0 Å². The number of piperidine rings is 1. The summed E-state index contributed by atoms with van der Waals surface area (Å²) >= 11 is 1.22. The molecule has 3 N–H and O–H groups in total. The van der Waals surface area contributed by atoms with E-state index in [4.69, 9.17) is 9.47 Å². The number of thiazole rings is 1. The number of H-pyrrole nitrogens is 1. The molecule has 0 atom stereocenters. The number of likely N-dealkylation sites (tertiary alicyclic amines) is 1. The molecule has 0 saturated carbocycles. The molecule has 6 rings (SSSR count). The van der Waals surface area contributed by atoms with Gasteiger partial charge in [-0.05, 0) is 42.7 Å². The first kappa shape index (κ1) is 22.6. The van der Waals surface area contributed by atoms with Crippen molar-refractivity contribution in [1.82, 2.24) is 20.2 Å². The molecular formula is C26H25N5O4S. The van der Waals surface area contributed by atoms with Gasteiger partial charge in [-0.15, -0.1) is 11.3 Å². The summed E-state index contributed by atoms with van der Waals surface area (Å²) in [4.78, 5) is 35.4. The van der Waals surface area contributed by atoms with Gasteiger partial charge < -0.3 is 19.8 Å². The lowest BCUT2D eigenvalue weighted by Gasteiger charge is -2.32. The third-order valence-electron chi connectivity index (χ3n) is 6.58. The molecule has 2 amide bonds. The Balaban J connectivity index is 1.00. The van der Waals surface area contributed by atoms with E-state index in [1.54, 1.807) is 23.6 Å². The fraction of sp³-hybridized carbons (Fsp3) is 0.269. The van der Waals surface area contributed by atoms with Gasteiger partial charge in [0.15, 0.2) is 16.6 Å². The lowest BCUT2D eigenvalue weighted by Crippen LogP contribution is -2.44. The Morgan fingerprint density at radius 2 is 1.92 bits per heavy atom. The first-order valence-electron chi connectivity index (χ1n) is 11.9. The highest BCUT2D eigenvalue weighted by Crippen LogP contribution is 2.32. The molecule has 1 saturated heterocycles. The van der Waals surface area contributed by atoms with Crippen molar-refractivity contribution < 1.29 is 19.1 Å². The van der Waals surface area contributed by atoms with E-state index in [1.807, 2.05) is 6.07 Å². The molecule has 10 heteroatoms. The maximum atomic E-state index is 12.8. The Kier molecular flexibility index (Phi) is 6.04. The molecule has 0 spiro atoms. The molecule has 4 aromatic rings. The Hall–Kier alpha value is -3.89. The lowest BCUT2D eigenvalue weighted by atomic mass is 10.0. The Morgan fingerprint density at radius 3 is 2.81 bits per heavy atom. The quantitative estimate of drug-likeness (QED) is 0.367. The number of rotatable bonds is 6. The second-order valence-electron chi connectivity index (χ2n) is 8.94. The number of hydrogen-bond acceptors (Lipinski definition) is 7. The van der Waals surface area contributed by atoms with Gasteiger partial charge in [-0.25, -0.2) is 4.98 Å². The maximum absolute atomic E-state index is 12.8. The van der Waals surface area contributed by atoms with Crippen molar-refractivity contribution in [2.75, 3.05) is 25.2 Å². The summed E-state index contributed by atoms with van der Waals surface area (Å²) in [5, 5.41) is 9.15. The number of ether oxygens (including phenoxy) is 2. The second-order valence-corrected chi connectivity index (χ2v) is 9.80. The summed E-state index contributed by atoms with van der Waals surface area (Å²) in [6.07, 6.45) is 3.85. The van der Waals surface area contributed by atoms with Gasteiger partial charge in [0.1, 0.15) is 5.69 Å². The summed E-state index contributed by atoms with van der Waals surface area (Å²) < 4.78 is 10.6. The number of aromatic amines is 1. The van der Waals surface area contributed by atoms with Gasteiger partial charge in [0.25, 0.3) is 11.8 Å². The predicted octanol–water partition coefficient (Wildman–Crippen LogP) is 4.00. The molecule has 36 heavy (non-hydrogen) atoms. The van der Waals surface area contributed by atoms with Gasteiger partial charge in [0.05, 0.1) is 0 Å². The van der Waals surface area contributed by atoms with Crippen molar-refractivity contribution in [2.45, 2.75) is 25.4 Å². The van der Waals surface area contributed by atoms with Crippen molar-refractivity contribution in [3.63, 3.8) is 0 Å². The summed E-state index contributed by atoms with van der Waals surface area (Å²) in [5.74, 6) is 0.611. The lowest BCUT2D eigenvalue weighted by molar-refractivity contribution is 0.0903. The Morgan fingerprint density at radius 1 is 1.08 bits per heavy atom. The number of anilines is 1. The Bertz CT molecular complexity index is 1420. The normalized spacial score (nSPS) is 15.8. The van der Waals surface area contributed by atoms with E-state index in [0.717, 1.165) is 38.0 Å². The molecule has 0 aliphatic carbocycles. The molecule has 0 bridgehead atoms. The van der Waals surface area contributed by atoms with Crippen molar-refractivity contribution in [3.05, 3.63) is 70.9 Å². The first-order chi connectivity index (χ1) is 17.6. The van der Waals surface area contributed by atoms with Crippen LogP contribution in [-0.4, -0.2) is 52.6 Å². The summed E-state index contributed by atoms with van der Waals surface area (Å²) in [5.41, 5.74) is 3.19. The average molecular weight is 504 g/mol. The van der Waals surface area contributed by atoms with Gasteiger partial charge in [-0.1, -0.05) is 18.2 Å². The third-order valence-corrected chi connectivity index (χ3v) is 7.34. The minimum Gasteiger partial charge on any atom is -0.454 e. The number of aromatic nitrogens is 2. The van der Waals surface area contributed by atoms with Crippen LogP contribution in [0.4, 0.5) is 5.13 Å². The summed E-state index contributed by atoms with van der Waals surface area (Å²) in [7, 11) is 0. The fourth-order valence-electron chi connectivity index (χ4n) is 4.64. The number of nitrogens with one attached hydrogen (secondary N) is 3. The SMILES string of the molecule is O=C(Nc1nc(C(=O)NC2CCN(Cc3c[nH]c4ccccc34)CC2)cs1)c1ccc2c(c1)OCO2. The number of benzene rings is 2. The van der Waals surface area contributed by atoms with Crippen LogP contribution in [0.15, 0.2) is 54.0 Å². The van der Waals surface area contributed by atoms with Crippen molar-refractivity contribution in [2.24, 2.45) is 0 Å². The zero-order valence-corrected chi connectivity index (χ0v) is 20.3. The number of carbonyl (C=O) groups is 2. The number of carbonyl (C=O) groups excluding carboxylic acids is 2. The van der Waals surface area contributed by atoms with Crippen LogP contribution >= 0.6 is 11.3 Å². The molecule has 2 aliphatic rings. The third kappa shape index (κ3) is 4.65. The average Bonchev–Trinajstić information content (AvgIpc) is 3.65. The predicted molar refractivity (Wildman–Crippen MR) is 137 cm³/mol. The number of para-hydroxylation sites is 1. The zero-order valence-electron chi connectivity index (χ0n) is 19.5. The van der Waals surface area contributed by atoms with Crippen LogP contribution in [-0.2, 0) is 6.54 Å². The molecule has 0 unspecified atom stereocenters. The van der Waals surface area contributed by atoms with Gasteiger partial charge in [0.2, 0.25) is 6.79 Å². The largest absolute Gasteiger partial charge is 0.454 e. The van der Waals surface area contributed by atoms with Crippen LogP contribution in [0.1, 0.15) is 39.3 Å². The monoisotopic (exact) mass is 503 g/mol. The van der Waals surface area contributed by atoms with Gasteiger partial charge in [0, 0.05) is 53.7 Å². The van der Waals surface area contributed by atoms with Gasteiger partial charge in [-0.2, -0.15) is 0 Å². The minimum atomic E-state index is -0.322. The number of fused-ring (bicyclic) bond motifs is 2. The minimum absolute atomic E-state index is 0.102. The van der Waals surface area contributed by atoms with Crippen LogP contribution in [0.3, 0.4) is 0 Å². The number of nitrogens with zero attached hydrogens (tertiary/aromatic N) is 2. The van der Waals surface area contributed by atoms with Gasteiger partial charge in [-0.3, -0.25) is 19.8 Å². The highest BCUT2D eigenvalue weighted by atomic mass is 32.1. The van der Waals surface area contributed by atoms with E-state index in [9.17, 15) is 9.59 Å². The number of amides is 2. The van der Waals surface area contributed by atoms with Crippen LogP contribution in [0.25, 0.3) is 10.9 Å². The molecule has 4 heterocycles. The van der Waals surface area contributed by atoms with Crippen LogP contribution in [0.2, 0.25) is 0 Å². The molecular weight excluding hydrogens is 478 g/mol. The van der Waals surface area contributed by atoms with E-state index in [1.165, 1.54) is 22.3 Å². The molecule has 0 radical (unpaired) electrons. The van der Waals surface area contributed by atoms with E-state index in [0.29, 0.717) is 27.9 Å².